The number of anilines is 1. The normalized spacial score (nSPS) is 20.5. The minimum absolute atomic E-state index is 0.0159. The van der Waals surface area contributed by atoms with Crippen molar-refractivity contribution in [1.82, 2.24) is 29.6 Å². The minimum Gasteiger partial charge on any atom is -0.361 e. The molecule has 4 heterocycles. The molecule has 0 spiro atoms. The number of piperazine rings is 1. The van der Waals surface area contributed by atoms with Crippen molar-refractivity contribution in [2.24, 2.45) is 7.05 Å². The summed E-state index contributed by atoms with van der Waals surface area (Å²) in [5.41, 5.74) is 1.69. The molecule has 0 bridgehead atoms. The lowest BCUT2D eigenvalue weighted by Gasteiger charge is -2.48. The molecule has 2 aliphatic rings. The number of pyridine rings is 1. The second-order valence-electron chi connectivity index (χ2n) is 10.6. The summed E-state index contributed by atoms with van der Waals surface area (Å²) >= 11 is 0. The molecule has 40 heavy (non-hydrogen) atoms. The van der Waals surface area contributed by atoms with Crippen molar-refractivity contribution >= 4 is 22.7 Å². The first-order chi connectivity index (χ1) is 19.4. The molecule has 2 fully saturated rings. The van der Waals surface area contributed by atoms with E-state index < -0.39 is 0 Å². The fourth-order valence-electron chi connectivity index (χ4n) is 5.71. The van der Waals surface area contributed by atoms with Crippen LogP contribution in [0.15, 0.2) is 45.7 Å². The van der Waals surface area contributed by atoms with E-state index in [0.717, 1.165) is 37.1 Å². The molecular weight excluding hydrogens is 511 g/mol. The van der Waals surface area contributed by atoms with E-state index in [0.29, 0.717) is 41.7 Å². The van der Waals surface area contributed by atoms with Crippen LogP contribution in [0.1, 0.15) is 68.8 Å². The Bertz CT molecular complexity index is 1640. The molecule has 1 saturated carbocycles. The highest BCUT2D eigenvalue weighted by atomic mass is 19.1. The zero-order valence-corrected chi connectivity index (χ0v) is 22.8. The van der Waals surface area contributed by atoms with Crippen LogP contribution in [0, 0.1) is 12.4 Å². The van der Waals surface area contributed by atoms with Crippen molar-refractivity contribution in [1.29, 1.82) is 0 Å². The molecule has 0 N–H and O–H groups in total. The predicted octanol–water partition coefficient (Wildman–Crippen LogP) is 4.75. The Morgan fingerprint density at radius 1 is 1.05 bits per heavy atom. The highest BCUT2D eigenvalue weighted by Gasteiger charge is 2.41. The highest BCUT2D eigenvalue weighted by molar-refractivity contribution is 5.87. The molecule has 11 heteroatoms. The average molecular weight is 543 g/mol. The maximum absolute atomic E-state index is 13.9. The molecule has 0 amide bonds. The SMILES string of the molecule is [C-]#[N+]c1ccc2c(n1)c(N1C[C@@H](CC)N(C(c3ccc(F)cc3)c3nc(C4CC4)no3)C[C@@H]1CC)nc(=O)n2C. The topological polar surface area (TPSA) is 97.5 Å². The summed E-state index contributed by atoms with van der Waals surface area (Å²) in [6.07, 6.45) is 3.71. The number of nitrogens with zero attached hydrogens (tertiary/aromatic N) is 8. The lowest BCUT2D eigenvalue weighted by molar-refractivity contribution is 0.0930. The van der Waals surface area contributed by atoms with Gasteiger partial charge in [-0.15, -0.1) is 4.98 Å². The van der Waals surface area contributed by atoms with Crippen LogP contribution in [0.4, 0.5) is 16.0 Å². The van der Waals surface area contributed by atoms with E-state index in [9.17, 15) is 9.18 Å². The van der Waals surface area contributed by atoms with Gasteiger partial charge in [0.05, 0.1) is 5.52 Å². The van der Waals surface area contributed by atoms with Gasteiger partial charge in [-0.25, -0.2) is 9.18 Å². The molecule has 0 radical (unpaired) electrons. The molecule has 4 aromatic rings. The van der Waals surface area contributed by atoms with Crippen molar-refractivity contribution < 1.29 is 8.91 Å². The van der Waals surface area contributed by atoms with Gasteiger partial charge in [-0.05, 0) is 55.5 Å². The van der Waals surface area contributed by atoms with Crippen LogP contribution in [0.3, 0.4) is 0 Å². The first kappa shape index (κ1) is 26.1. The molecule has 206 valence electrons. The Hall–Kier alpha value is -4.17. The van der Waals surface area contributed by atoms with Crippen molar-refractivity contribution in [3.63, 3.8) is 0 Å². The first-order valence-corrected chi connectivity index (χ1v) is 13.8. The summed E-state index contributed by atoms with van der Waals surface area (Å²) in [5.74, 6) is 2.05. The van der Waals surface area contributed by atoms with Gasteiger partial charge in [0, 0.05) is 38.1 Å². The monoisotopic (exact) mass is 542 g/mol. The smallest absolute Gasteiger partial charge is 0.350 e. The zero-order chi connectivity index (χ0) is 28.0. The van der Waals surface area contributed by atoms with E-state index in [4.69, 9.17) is 16.1 Å². The number of hydrogen-bond acceptors (Lipinski definition) is 8. The highest BCUT2D eigenvalue weighted by Crippen LogP contribution is 2.41. The maximum atomic E-state index is 13.9. The number of aryl methyl sites for hydroxylation is 1. The fraction of sp³-hybridized carbons (Fsp3) is 0.448. The number of aromatic nitrogens is 5. The van der Waals surface area contributed by atoms with Crippen molar-refractivity contribution in [2.75, 3.05) is 18.0 Å². The average Bonchev–Trinajstić information content (AvgIpc) is 3.72. The molecule has 10 nitrogen and oxygen atoms in total. The van der Waals surface area contributed by atoms with Gasteiger partial charge in [-0.3, -0.25) is 9.47 Å². The maximum Gasteiger partial charge on any atom is 0.350 e. The van der Waals surface area contributed by atoms with Crippen molar-refractivity contribution in [3.8, 4) is 0 Å². The number of fused-ring (bicyclic) bond motifs is 1. The quantitative estimate of drug-likeness (QED) is 0.309. The molecule has 3 aromatic heterocycles. The van der Waals surface area contributed by atoms with E-state index in [1.165, 1.54) is 16.7 Å². The fourth-order valence-corrected chi connectivity index (χ4v) is 5.71. The summed E-state index contributed by atoms with van der Waals surface area (Å²) in [6, 6.07) is 9.54. The van der Waals surface area contributed by atoms with Crippen LogP contribution in [-0.4, -0.2) is 54.7 Å². The Labute approximate surface area is 231 Å². The van der Waals surface area contributed by atoms with Gasteiger partial charge in [0.2, 0.25) is 11.4 Å². The number of halogens is 1. The summed E-state index contributed by atoms with van der Waals surface area (Å²) in [7, 11) is 1.66. The number of rotatable bonds is 7. The van der Waals surface area contributed by atoms with Gasteiger partial charge in [0.25, 0.3) is 5.82 Å². The van der Waals surface area contributed by atoms with Crippen LogP contribution < -0.4 is 10.6 Å². The van der Waals surface area contributed by atoms with E-state index in [-0.39, 0.29) is 35.5 Å². The molecule has 3 atom stereocenters. The lowest BCUT2D eigenvalue weighted by atomic mass is 9.96. The second-order valence-corrected chi connectivity index (χ2v) is 10.6. The van der Waals surface area contributed by atoms with Gasteiger partial charge in [-0.2, -0.15) is 9.97 Å². The van der Waals surface area contributed by atoms with Gasteiger partial charge >= 0.3 is 5.69 Å². The largest absolute Gasteiger partial charge is 0.361 e. The molecule has 1 unspecified atom stereocenters. The molecule has 1 saturated heterocycles. The van der Waals surface area contributed by atoms with Crippen LogP contribution in [0.25, 0.3) is 15.9 Å². The van der Waals surface area contributed by atoms with Gasteiger partial charge in [0.1, 0.15) is 11.9 Å². The van der Waals surface area contributed by atoms with Crippen LogP contribution in [0.5, 0.6) is 0 Å². The summed E-state index contributed by atoms with van der Waals surface area (Å²) < 4.78 is 21.2. The third-order valence-electron chi connectivity index (χ3n) is 8.14. The number of hydrogen-bond donors (Lipinski definition) is 0. The van der Waals surface area contributed by atoms with Gasteiger partial charge < -0.3 is 14.3 Å². The van der Waals surface area contributed by atoms with Gasteiger partial charge in [0.15, 0.2) is 11.6 Å². The van der Waals surface area contributed by atoms with E-state index in [2.05, 4.69) is 43.6 Å². The molecule has 6 rings (SSSR count). The Kier molecular flexibility index (Phi) is 6.80. The Morgan fingerprint density at radius 3 is 2.48 bits per heavy atom. The summed E-state index contributed by atoms with van der Waals surface area (Å²) in [5, 5.41) is 4.28. The second kappa shape index (κ2) is 10.4. The number of benzene rings is 1. The lowest BCUT2D eigenvalue weighted by Crippen LogP contribution is -2.59. The molecule has 1 aliphatic heterocycles. The minimum atomic E-state index is -0.368. The van der Waals surface area contributed by atoms with Crippen LogP contribution >= 0.6 is 0 Å². The van der Waals surface area contributed by atoms with Crippen molar-refractivity contribution in [2.45, 2.75) is 63.6 Å². The van der Waals surface area contributed by atoms with Crippen LogP contribution in [-0.2, 0) is 7.05 Å². The predicted molar refractivity (Wildman–Crippen MR) is 148 cm³/mol. The molecule has 1 aromatic carbocycles. The molecule has 1 aliphatic carbocycles. The van der Waals surface area contributed by atoms with Gasteiger partial charge in [-0.1, -0.05) is 37.7 Å². The molecular formula is C29H31FN8O2. The standard InChI is InChI=1S/C29H31FN8O2/c1-5-20-16-38(27-24-22(36(4)29(39)34-27)13-14-23(31-3)32-24)21(6-2)15-37(20)25(17-9-11-19(30)12-10-17)28-33-26(35-40-28)18-7-8-18/h9-14,18,20-21,25H,5-8,15-16H2,1-2,4H3/t20-,21+,25?/m1/s1. The van der Waals surface area contributed by atoms with E-state index >= 15 is 0 Å². The van der Waals surface area contributed by atoms with Crippen LogP contribution in [0.2, 0.25) is 0 Å². The zero-order valence-electron chi connectivity index (χ0n) is 22.8. The van der Waals surface area contributed by atoms with Crippen molar-refractivity contribution in [3.05, 3.63) is 81.4 Å². The third kappa shape index (κ3) is 4.62. The first-order valence-electron chi connectivity index (χ1n) is 13.8. The van der Waals surface area contributed by atoms with E-state index in [1.807, 2.05) is 0 Å². The summed E-state index contributed by atoms with van der Waals surface area (Å²) in [4.78, 5) is 34.8. The summed E-state index contributed by atoms with van der Waals surface area (Å²) in [6.45, 7) is 12.9. The Balaban J connectivity index is 1.43. The Morgan fingerprint density at radius 2 is 1.80 bits per heavy atom. The third-order valence-corrected chi connectivity index (χ3v) is 8.14. The van der Waals surface area contributed by atoms with E-state index in [1.54, 1.807) is 31.3 Å².